The fraction of sp³-hybridized carbons (Fsp3) is 0.294. The lowest BCUT2D eigenvalue weighted by molar-refractivity contribution is -0.122. The Morgan fingerprint density at radius 1 is 1.19 bits per heavy atom. The number of halogens is 1. The number of carbonyl (C=O) groups is 1. The van der Waals surface area contributed by atoms with E-state index < -0.39 is 11.2 Å². The first kappa shape index (κ1) is 18.1. The summed E-state index contributed by atoms with van der Waals surface area (Å²) in [5.74, 6) is -0.254. The Labute approximate surface area is 157 Å². The molecule has 0 fully saturated rings. The summed E-state index contributed by atoms with van der Waals surface area (Å²) in [6, 6.07) is 7.48. The van der Waals surface area contributed by atoms with Crippen molar-refractivity contribution in [2.24, 2.45) is 14.1 Å². The van der Waals surface area contributed by atoms with Crippen molar-refractivity contribution in [1.29, 1.82) is 0 Å². The van der Waals surface area contributed by atoms with E-state index in [1.807, 2.05) is 31.2 Å². The van der Waals surface area contributed by atoms with Crippen molar-refractivity contribution in [3.8, 4) is 0 Å². The summed E-state index contributed by atoms with van der Waals surface area (Å²) in [6.45, 7) is 1.82. The monoisotopic (exact) mass is 419 g/mol. The number of aryl methyl sites for hydroxylation is 1. The maximum Gasteiger partial charge on any atom is 0.332 e. The van der Waals surface area contributed by atoms with Gasteiger partial charge >= 0.3 is 5.69 Å². The van der Waals surface area contributed by atoms with Crippen LogP contribution in [0.4, 0.5) is 0 Å². The third-order valence-electron chi connectivity index (χ3n) is 4.28. The summed E-state index contributed by atoms with van der Waals surface area (Å²) in [6.07, 6.45) is 1.40. The first-order valence-electron chi connectivity index (χ1n) is 7.95. The van der Waals surface area contributed by atoms with Gasteiger partial charge in [0, 0.05) is 18.6 Å². The summed E-state index contributed by atoms with van der Waals surface area (Å²) >= 11 is 3.38. The predicted molar refractivity (Wildman–Crippen MR) is 101 cm³/mol. The van der Waals surface area contributed by atoms with Gasteiger partial charge in [0.1, 0.15) is 6.54 Å². The van der Waals surface area contributed by atoms with Crippen LogP contribution in [0, 0.1) is 0 Å². The molecule has 0 aliphatic rings. The van der Waals surface area contributed by atoms with E-state index in [0.29, 0.717) is 0 Å². The van der Waals surface area contributed by atoms with E-state index in [9.17, 15) is 14.4 Å². The second-order valence-electron chi connectivity index (χ2n) is 6.09. The third kappa shape index (κ3) is 3.22. The number of amides is 1. The van der Waals surface area contributed by atoms with Gasteiger partial charge in [0.15, 0.2) is 11.2 Å². The van der Waals surface area contributed by atoms with E-state index >= 15 is 0 Å². The van der Waals surface area contributed by atoms with Gasteiger partial charge in [-0.1, -0.05) is 28.1 Å². The molecule has 26 heavy (non-hydrogen) atoms. The molecule has 3 aromatic rings. The number of benzene rings is 1. The van der Waals surface area contributed by atoms with Gasteiger partial charge in [-0.05, 0) is 24.6 Å². The van der Waals surface area contributed by atoms with Crippen LogP contribution in [0.2, 0.25) is 0 Å². The molecule has 2 heterocycles. The SMILES string of the molecule is C[C@@H](NC(=O)Cn1cnc2c1c(=O)n(C)c(=O)n2C)c1ccc(Br)cc1. The number of fused-ring (bicyclic) bond motifs is 1. The van der Waals surface area contributed by atoms with E-state index in [2.05, 4.69) is 26.2 Å². The lowest BCUT2D eigenvalue weighted by atomic mass is 10.1. The molecule has 0 radical (unpaired) electrons. The first-order valence-corrected chi connectivity index (χ1v) is 8.74. The zero-order valence-corrected chi connectivity index (χ0v) is 16.1. The average molecular weight is 420 g/mol. The minimum Gasteiger partial charge on any atom is -0.348 e. The molecule has 0 aliphatic heterocycles. The van der Waals surface area contributed by atoms with Gasteiger partial charge in [-0.2, -0.15) is 0 Å². The van der Waals surface area contributed by atoms with Crippen LogP contribution in [-0.4, -0.2) is 24.6 Å². The van der Waals surface area contributed by atoms with E-state index in [1.165, 1.54) is 29.6 Å². The Balaban J connectivity index is 1.85. The highest BCUT2D eigenvalue weighted by Gasteiger charge is 2.17. The summed E-state index contributed by atoms with van der Waals surface area (Å²) in [5.41, 5.74) is 0.513. The van der Waals surface area contributed by atoms with Gasteiger partial charge in [-0.3, -0.25) is 18.7 Å². The molecule has 1 N–H and O–H groups in total. The third-order valence-corrected chi connectivity index (χ3v) is 4.81. The molecule has 3 rings (SSSR count). The number of rotatable bonds is 4. The predicted octanol–water partition coefficient (Wildman–Crippen LogP) is 1.07. The molecule has 0 bridgehead atoms. The minimum absolute atomic E-state index is 0.0647. The van der Waals surface area contributed by atoms with E-state index in [-0.39, 0.29) is 29.7 Å². The number of imidazole rings is 1. The summed E-state index contributed by atoms with van der Waals surface area (Å²) in [7, 11) is 2.94. The van der Waals surface area contributed by atoms with Crippen LogP contribution in [0.15, 0.2) is 44.7 Å². The Morgan fingerprint density at radius 2 is 1.85 bits per heavy atom. The van der Waals surface area contributed by atoms with E-state index in [4.69, 9.17) is 0 Å². The average Bonchev–Trinajstić information content (AvgIpc) is 3.02. The quantitative estimate of drug-likeness (QED) is 0.684. The Hall–Kier alpha value is -2.68. The number of carbonyl (C=O) groups excluding carboxylic acids is 1. The molecule has 0 saturated carbocycles. The molecule has 0 saturated heterocycles. The van der Waals surface area contributed by atoms with Gasteiger partial charge < -0.3 is 9.88 Å². The number of nitrogens with zero attached hydrogens (tertiary/aromatic N) is 4. The first-order chi connectivity index (χ1) is 12.3. The molecule has 1 amide bonds. The fourth-order valence-corrected chi connectivity index (χ4v) is 3.06. The number of hydrogen-bond donors (Lipinski definition) is 1. The molecule has 9 heteroatoms. The highest BCUT2D eigenvalue weighted by atomic mass is 79.9. The van der Waals surface area contributed by atoms with Crippen LogP contribution >= 0.6 is 15.9 Å². The maximum atomic E-state index is 12.4. The van der Waals surface area contributed by atoms with Gasteiger partial charge in [-0.15, -0.1) is 0 Å². The molecular weight excluding hydrogens is 402 g/mol. The van der Waals surface area contributed by atoms with Crippen molar-refractivity contribution in [3.63, 3.8) is 0 Å². The topological polar surface area (TPSA) is 90.9 Å². The summed E-state index contributed by atoms with van der Waals surface area (Å²) < 4.78 is 4.71. The number of nitrogens with one attached hydrogen (secondary N) is 1. The van der Waals surface area contributed by atoms with Crippen molar-refractivity contribution >= 4 is 33.0 Å². The highest BCUT2D eigenvalue weighted by Crippen LogP contribution is 2.16. The van der Waals surface area contributed by atoms with Gasteiger partial charge in [0.25, 0.3) is 5.56 Å². The summed E-state index contributed by atoms with van der Waals surface area (Å²) in [4.78, 5) is 40.9. The standard InChI is InChI=1S/C17H18BrN5O3/c1-10(11-4-6-12(18)7-5-11)20-13(24)8-23-9-19-15-14(23)16(25)22(3)17(26)21(15)2/h4-7,9-10H,8H2,1-3H3,(H,20,24)/t10-/m1/s1. The normalized spacial score (nSPS) is 12.3. The van der Waals surface area contributed by atoms with Crippen molar-refractivity contribution in [1.82, 2.24) is 24.0 Å². The molecule has 8 nitrogen and oxygen atoms in total. The van der Waals surface area contributed by atoms with Crippen LogP contribution in [0.5, 0.6) is 0 Å². The molecule has 0 spiro atoms. The van der Waals surface area contributed by atoms with Gasteiger partial charge in [-0.25, -0.2) is 9.78 Å². The zero-order valence-electron chi connectivity index (χ0n) is 14.6. The molecule has 1 atom stereocenters. The van der Waals surface area contributed by atoms with Crippen LogP contribution < -0.4 is 16.6 Å². The Bertz CT molecular complexity index is 1090. The van der Waals surface area contributed by atoms with E-state index in [1.54, 1.807) is 0 Å². The second kappa shape index (κ2) is 6.91. The lowest BCUT2D eigenvalue weighted by Crippen LogP contribution is -2.38. The Morgan fingerprint density at radius 3 is 2.50 bits per heavy atom. The number of aromatic nitrogens is 4. The molecule has 136 valence electrons. The smallest absolute Gasteiger partial charge is 0.332 e. The van der Waals surface area contributed by atoms with E-state index in [0.717, 1.165) is 14.6 Å². The molecular formula is C17H18BrN5O3. The van der Waals surface area contributed by atoms with Crippen LogP contribution in [0.3, 0.4) is 0 Å². The van der Waals surface area contributed by atoms with Crippen LogP contribution in [-0.2, 0) is 25.4 Å². The maximum absolute atomic E-state index is 12.4. The van der Waals surface area contributed by atoms with Crippen LogP contribution in [0.25, 0.3) is 11.2 Å². The fourth-order valence-electron chi connectivity index (χ4n) is 2.79. The molecule has 0 aliphatic carbocycles. The highest BCUT2D eigenvalue weighted by molar-refractivity contribution is 9.10. The minimum atomic E-state index is -0.477. The van der Waals surface area contributed by atoms with Gasteiger partial charge in [0.2, 0.25) is 5.91 Å². The Kier molecular flexibility index (Phi) is 4.82. The van der Waals surface area contributed by atoms with Crippen molar-refractivity contribution in [3.05, 3.63) is 61.5 Å². The lowest BCUT2D eigenvalue weighted by Gasteiger charge is -2.15. The largest absolute Gasteiger partial charge is 0.348 e. The number of hydrogen-bond acceptors (Lipinski definition) is 4. The second-order valence-corrected chi connectivity index (χ2v) is 7.01. The van der Waals surface area contributed by atoms with Crippen molar-refractivity contribution < 1.29 is 4.79 Å². The molecule has 2 aromatic heterocycles. The van der Waals surface area contributed by atoms with Crippen LogP contribution in [0.1, 0.15) is 18.5 Å². The van der Waals surface area contributed by atoms with Crippen molar-refractivity contribution in [2.75, 3.05) is 0 Å². The van der Waals surface area contributed by atoms with Gasteiger partial charge in [0.05, 0.1) is 12.4 Å². The molecule has 1 aromatic carbocycles. The summed E-state index contributed by atoms with van der Waals surface area (Å²) in [5, 5.41) is 2.90. The van der Waals surface area contributed by atoms with Crippen molar-refractivity contribution in [2.45, 2.75) is 19.5 Å². The zero-order chi connectivity index (χ0) is 19.0. The molecule has 0 unspecified atom stereocenters.